The summed E-state index contributed by atoms with van der Waals surface area (Å²) in [7, 11) is 0. The van der Waals surface area contributed by atoms with E-state index in [2.05, 4.69) is 34.6 Å². The van der Waals surface area contributed by atoms with Crippen molar-refractivity contribution in [1.29, 1.82) is 0 Å². The van der Waals surface area contributed by atoms with Gasteiger partial charge in [0.15, 0.2) is 5.78 Å². The van der Waals surface area contributed by atoms with E-state index in [-0.39, 0.29) is 11.7 Å². The predicted octanol–water partition coefficient (Wildman–Crippen LogP) is 4.80. The minimum atomic E-state index is 0.0664. The molecule has 0 saturated heterocycles. The zero-order valence-corrected chi connectivity index (χ0v) is 14.5. The molecule has 0 fully saturated rings. The first-order valence-electron chi connectivity index (χ1n) is 8.05. The van der Waals surface area contributed by atoms with Gasteiger partial charge in [0, 0.05) is 12.5 Å². The van der Waals surface area contributed by atoms with Gasteiger partial charge in [-0.1, -0.05) is 41.5 Å². The molecule has 1 aromatic carbocycles. The van der Waals surface area contributed by atoms with Crippen molar-refractivity contribution in [2.75, 3.05) is 13.2 Å². The van der Waals surface area contributed by atoms with Crippen molar-refractivity contribution >= 4 is 5.78 Å². The summed E-state index contributed by atoms with van der Waals surface area (Å²) in [5, 5.41) is 0. The van der Waals surface area contributed by atoms with Gasteiger partial charge in [-0.2, -0.15) is 0 Å². The number of benzene rings is 1. The van der Waals surface area contributed by atoms with Gasteiger partial charge in [0.1, 0.15) is 11.5 Å². The second kappa shape index (κ2) is 8.82. The Morgan fingerprint density at radius 1 is 1.05 bits per heavy atom. The van der Waals surface area contributed by atoms with E-state index in [4.69, 9.17) is 9.47 Å². The topological polar surface area (TPSA) is 35.5 Å². The van der Waals surface area contributed by atoms with Crippen LogP contribution in [0.2, 0.25) is 0 Å². The van der Waals surface area contributed by atoms with Gasteiger partial charge in [0.2, 0.25) is 0 Å². The van der Waals surface area contributed by atoms with Crippen LogP contribution in [-0.4, -0.2) is 19.0 Å². The first kappa shape index (κ1) is 18.5. The smallest absolute Gasteiger partial charge is 0.166 e. The first-order chi connectivity index (χ1) is 10.3. The van der Waals surface area contributed by atoms with Crippen molar-refractivity contribution < 1.29 is 14.3 Å². The second-order valence-electron chi connectivity index (χ2n) is 6.80. The van der Waals surface area contributed by atoms with Gasteiger partial charge in [-0.05, 0) is 29.9 Å². The van der Waals surface area contributed by atoms with Crippen molar-refractivity contribution in [3.8, 4) is 11.5 Å². The molecule has 3 heteroatoms. The molecule has 1 atom stereocenters. The molecule has 0 aliphatic carbocycles. The van der Waals surface area contributed by atoms with Crippen LogP contribution in [-0.2, 0) is 0 Å². The fourth-order valence-corrected chi connectivity index (χ4v) is 1.89. The Labute approximate surface area is 135 Å². The maximum absolute atomic E-state index is 12.3. The maximum Gasteiger partial charge on any atom is 0.166 e. The van der Waals surface area contributed by atoms with Crippen LogP contribution in [0.3, 0.4) is 0 Å². The van der Waals surface area contributed by atoms with E-state index < -0.39 is 0 Å². The lowest BCUT2D eigenvalue weighted by Gasteiger charge is -2.16. The lowest BCUT2D eigenvalue weighted by atomic mass is 10.0. The lowest BCUT2D eigenvalue weighted by Crippen LogP contribution is -2.11. The van der Waals surface area contributed by atoms with Crippen LogP contribution in [0.1, 0.15) is 51.4 Å². The monoisotopic (exact) mass is 305 g/mol. The fourth-order valence-electron chi connectivity index (χ4n) is 1.89. The summed E-state index contributed by atoms with van der Waals surface area (Å²) in [6.07, 6.45) is 0.421. The molecule has 0 saturated carbocycles. The molecule has 0 aromatic heterocycles. The van der Waals surface area contributed by atoms with Crippen LogP contribution in [0.5, 0.6) is 11.5 Å². The summed E-state index contributed by atoms with van der Waals surface area (Å²) < 4.78 is 11.6. The quantitative estimate of drug-likeness (QED) is 0.615. The van der Waals surface area contributed by atoms with Gasteiger partial charge < -0.3 is 9.47 Å². The summed E-state index contributed by atoms with van der Waals surface area (Å²) in [6.45, 7) is 15.4. The summed E-state index contributed by atoms with van der Waals surface area (Å²) in [6, 6.07) is 5.47. The molecule has 0 aliphatic rings. The highest BCUT2D eigenvalue weighted by molar-refractivity contribution is 5.99. The van der Waals surface area contributed by atoms with E-state index in [1.165, 1.54) is 0 Å². The van der Waals surface area contributed by atoms with Crippen molar-refractivity contribution in [3.63, 3.8) is 0 Å². The molecule has 1 unspecified atom stereocenters. The molecule has 0 aliphatic heterocycles. The van der Waals surface area contributed by atoms with Crippen LogP contribution in [0.15, 0.2) is 18.2 Å². The summed E-state index contributed by atoms with van der Waals surface area (Å²) >= 11 is 0. The van der Waals surface area contributed by atoms with Gasteiger partial charge in [0.05, 0.1) is 18.8 Å². The molecule has 0 bridgehead atoms. The highest BCUT2D eigenvalue weighted by Crippen LogP contribution is 2.27. The number of rotatable bonds is 9. The lowest BCUT2D eigenvalue weighted by molar-refractivity contribution is 0.0966. The molecule has 0 amide bonds. The van der Waals surface area contributed by atoms with E-state index in [1.54, 1.807) is 6.07 Å². The van der Waals surface area contributed by atoms with Crippen LogP contribution in [0, 0.1) is 24.7 Å². The Balaban J connectivity index is 2.95. The molecule has 3 nitrogen and oxygen atoms in total. The summed E-state index contributed by atoms with van der Waals surface area (Å²) in [5.41, 5.74) is 0.619. The largest absolute Gasteiger partial charge is 0.493 e. The third kappa shape index (κ3) is 6.50. The number of ketones is 1. The number of hydrogen-bond donors (Lipinski definition) is 0. The molecular weight excluding hydrogens is 276 g/mol. The highest BCUT2D eigenvalue weighted by atomic mass is 16.5. The molecule has 22 heavy (non-hydrogen) atoms. The van der Waals surface area contributed by atoms with Crippen LogP contribution in [0.25, 0.3) is 0 Å². The summed E-state index contributed by atoms with van der Waals surface area (Å²) in [4.78, 5) is 12.3. The maximum atomic E-state index is 12.3. The van der Waals surface area contributed by atoms with E-state index in [0.29, 0.717) is 42.8 Å². The minimum absolute atomic E-state index is 0.0664. The number of carbonyl (C=O) groups is 1. The van der Waals surface area contributed by atoms with Gasteiger partial charge in [-0.3, -0.25) is 4.79 Å². The van der Waals surface area contributed by atoms with Crippen LogP contribution in [0.4, 0.5) is 0 Å². The molecule has 0 heterocycles. The Morgan fingerprint density at radius 3 is 2.18 bits per heavy atom. The zero-order valence-electron chi connectivity index (χ0n) is 14.5. The zero-order chi connectivity index (χ0) is 16.7. The SMILES string of the molecule is [CH2]C(C)CC(=O)c1ccc(OCC(C)C)cc1OCC(C)C. The van der Waals surface area contributed by atoms with Crippen molar-refractivity contribution in [2.45, 2.75) is 41.0 Å². The molecular formula is C19H29O3. The molecule has 123 valence electrons. The van der Waals surface area contributed by atoms with E-state index in [0.717, 1.165) is 5.75 Å². The Morgan fingerprint density at radius 2 is 1.64 bits per heavy atom. The Hall–Kier alpha value is -1.51. The van der Waals surface area contributed by atoms with Crippen LogP contribution < -0.4 is 9.47 Å². The van der Waals surface area contributed by atoms with Gasteiger partial charge in [0.25, 0.3) is 0 Å². The average Bonchev–Trinajstić information content (AvgIpc) is 2.42. The highest BCUT2D eigenvalue weighted by Gasteiger charge is 2.16. The molecule has 1 radical (unpaired) electrons. The second-order valence-corrected chi connectivity index (χ2v) is 6.80. The van der Waals surface area contributed by atoms with Gasteiger partial charge in [-0.25, -0.2) is 0 Å². The predicted molar refractivity (Wildman–Crippen MR) is 90.6 cm³/mol. The molecule has 0 spiro atoms. The number of ether oxygens (including phenoxy) is 2. The van der Waals surface area contributed by atoms with E-state index in [1.807, 2.05) is 19.1 Å². The number of Topliss-reactive ketones (excluding diaryl/α,β-unsaturated/α-hetero) is 1. The van der Waals surface area contributed by atoms with Gasteiger partial charge in [-0.15, -0.1) is 0 Å². The Kier molecular flexibility index (Phi) is 7.43. The third-order valence-corrected chi connectivity index (χ3v) is 2.94. The fraction of sp³-hybridized carbons (Fsp3) is 0.579. The minimum Gasteiger partial charge on any atom is -0.493 e. The molecule has 1 rings (SSSR count). The number of hydrogen-bond acceptors (Lipinski definition) is 3. The first-order valence-corrected chi connectivity index (χ1v) is 8.05. The van der Waals surface area contributed by atoms with Crippen LogP contribution >= 0.6 is 0 Å². The normalized spacial score (nSPS) is 11.3. The van der Waals surface area contributed by atoms with E-state index >= 15 is 0 Å². The van der Waals surface area contributed by atoms with E-state index in [9.17, 15) is 4.79 Å². The van der Waals surface area contributed by atoms with Gasteiger partial charge >= 0.3 is 0 Å². The summed E-state index contributed by atoms with van der Waals surface area (Å²) in [5.74, 6) is 2.36. The third-order valence-electron chi connectivity index (χ3n) is 2.94. The Bertz CT molecular complexity index is 476. The average molecular weight is 305 g/mol. The molecule has 1 aromatic rings. The number of carbonyl (C=O) groups excluding carboxylic acids is 1. The molecule has 0 N–H and O–H groups in total. The van der Waals surface area contributed by atoms with Crippen molar-refractivity contribution in [1.82, 2.24) is 0 Å². The van der Waals surface area contributed by atoms with Crippen molar-refractivity contribution in [2.24, 2.45) is 17.8 Å². The standard InChI is InChI=1S/C19H29O3/c1-13(2)9-18(20)17-8-7-16(21-11-14(3)4)10-19(17)22-12-15(5)6/h7-8,10,13-15H,1,9,11-12H2,2-6H3. The van der Waals surface area contributed by atoms with Crippen molar-refractivity contribution in [3.05, 3.63) is 30.7 Å².